The molecule has 1 saturated heterocycles. The van der Waals surface area contributed by atoms with E-state index in [0.717, 1.165) is 31.9 Å². The molecular formula is C27H33N3O2. The summed E-state index contributed by atoms with van der Waals surface area (Å²) in [4.78, 5) is 17.6. The minimum atomic E-state index is -0.0510. The van der Waals surface area contributed by atoms with E-state index in [0.29, 0.717) is 12.1 Å². The molecule has 0 spiro atoms. The van der Waals surface area contributed by atoms with Crippen molar-refractivity contribution < 1.29 is 9.21 Å². The first-order valence-electron chi connectivity index (χ1n) is 11.4. The largest absolute Gasteiger partial charge is 0.468 e. The Kier molecular flexibility index (Phi) is 6.66. The van der Waals surface area contributed by atoms with Crippen molar-refractivity contribution in [2.75, 3.05) is 37.6 Å². The highest BCUT2D eigenvalue weighted by Crippen LogP contribution is 2.25. The summed E-state index contributed by atoms with van der Waals surface area (Å²) >= 11 is 0. The van der Waals surface area contributed by atoms with Gasteiger partial charge in [-0.2, -0.15) is 0 Å². The molecule has 1 N–H and O–H groups in total. The lowest BCUT2D eigenvalue weighted by Gasteiger charge is -2.39. The SMILES string of the molecule is CC(C)(C)c1ccc(C(=O)NCC(c2ccco2)N2CCN(c3ccccc3)CC2)cc1. The van der Waals surface area contributed by atoms with Crippen LogP contribution in [-0.4, -0.2) is 43.5 Å². The number of carbonyl (C=O) groups excluding carboxylic acids is 1. The molecule has 0 radical (unpaired) electrons. The van der Waals surface area contributed by atoms with Crippen molar-refractivity contribution in [3.63, 3.8) is 0 Å². The molecule has 5 heteroatoms. The predicted octanol–water partition coefficient (Wildman–Crippen LogP) is 4.87. The Morgan fingerprint density at radius 3 is 2.22 bits per heavy atom. The first kappa shape index (κ1) is 22.2. The molecular weight excluding hydrogens is 398 g/mol. The molecule has 0 aliphatic carbocycles. The Balaban J connectivity index is 1.39. The monoisotopic (exact) mass is 431 g/mol. The highest BCUT2D eigenvalue weighted by atomic mass is 16.3. The number of anilines is 1. The predicted molar refractivity (Wildman–Crippen MR) is 129 cm³/mol. The van der Waals surface area contributed by atoms with Gasteiger partial charge < -0.3 is 14.6 Å². The van der Waals surface area contributed by atoms with Crippen LogP contribution in [0.15, 0.2) is 77.4 Å². The third-order valence-corrected chi connectivity index (χ3v) is 6.22. The number of piperazine rings is 1. The van der Waals surface area contributed by atoms with Crippen LogP contribution in [0.2, 0.25) is 0 Å². The zero-order valence-electron chi connectivity index (χ0n) is 19.3. The lowest BCUT2D eigenvalue weighted by molar-refractivity contribution is 0.0923. The van der Waals surface area contributed by atoms with Crippen LogP contribution >= 0.6 is 0 Å². The number of hydrogen-bond acceptors (Lipinski definition) is 4. The number of nitrogens with zero attached hydrogens (tertiary/aromatic N) is 2. The molecule has 1 unspecified atom stereocenters. The summed E-state index contributed by atoms with van der Waals surface area (Å²) in [6, 6.07) is 22.4. The molecule has 0 saturated carbocycles. The lowest BCUT2D eigenvalue weighted by atomic mass is 9.87. The average Bonchev–Trinajstić information content (AvgIpc) is 3.34. The van der Waals surface area contributed by atoms with Gasteiger partial charge in [0.25, 0.3) is 5.91 Å². The van der Waals surface area contributed by atoms with Crippen LogP contribution < -0.4 is 10.2 Å². The molecule has 168 valence electrons. The minimum Gasteiger partial charge on any atom is -0.468 e. The zero-order valence-corrected chi connectivity index (χ0v) is 19.3. The topological polar surface area (TPSA) is 48.7 Å². The normalized spacial score (nSPS) is 16.0. The van der Waals surface area contributed by atoms with Crippen LogP contribution in [0, 0.1) is 0 Å². The molecule has 32 heavy (non-hydrogen) atoms. The van der Waals surface area contributed by atoms with E-state index in [1.54, 1.807) is 6.26 Å². The number of rotatable bonds is 6. The van der Waals surface area contributed by atoms with Crippen molar-refractivity contribution in [2.45, 2.75) is 32.2 Å². The smallest absolute Gasteiger partial charge is 0.251 e. The van der Waals surface area contributed by atoms with E-state index in [1.165, 1.54) is 11.3 Å². The number of benzene rings is 2. The Morgan fingerprint density at radius 2 is 1.62 bits per heavy atom. The van der Waals surface area contributed by atoms with Crippen LogP contribution in [0.5, 0.6) is 0 Å². The average molecular weight is 432 g/mol. The van der Waals surface area contributed by atoms with E-state index in [2.05, 4.69) is 60.2 Å². The first-order valence-corrected chi connectivity index (χ1v) is 11.4. The van der Waals surface area contributed by atoms with Gasteiger partial charge in [-0.05, 0) is 47.4 Å². The van der Waals surface area contributed by atoms with Crippen molar-refractivity contribution in [3.05, 3.63) is 89.9 Å². The van der Waals surface area contributed by atoms with Gasteiger partial charge in [0.05, 0.1) is 12.3 Å². The number of amides is 1. The van der Waals surface area contributed by atoms with Crippen molar-refractivity contribution in [1.29, 1.82) is 0 Å². The summed E-state index contributed by atoms with van der Waals surface area (Å²) in [5, 5.41) is 3.13. The van der Waals surface area contributed by atoms with Gasteiger partial charge in [0, 0.05) is 44.0 Å². The third kappa shape index (κ3) is 5.22. The Hall–Kier alpha value is -3.05. The summed E-state index contributed by atoms with van der Waals surface area (Å²) in [6.45, 7) is 10.8. The molecule has 2 heterocycles. The molecule has 4 rings (SSSR count). The van der Waals surface area contributed by atoms with E-state index in [4.69, 9.17) is 4.42 Å². The van der Waals surface area contributed by atoms with Gasteiger partial charge >= 0.3 is 0 Å². The van der Waals surface area contributed by atoms with E-state index in [9.17, 15) is 4.79 Å². The fourth-order valence-corrected chi connectivity index (χ4v) is 4.23. The molecule has 1 fully saturated rings. The van der Waals surface area contributed by atoms with Crippen LogP contribution in [0.25, 0.3) is 0 Å². The van der Waals surface area contributed by atoms with Crippen molar-refractivity contribution >= 4 is 11.6 Å². The second-order valence-electron chi connectivity index (χ2n) is 9.43. The number of nitrogens with one attached hydrogen (secondary N) is 1. The molecule has 1 aliphatic heterocycles. The minimum absolute atomic E-state index is 0.0146. The first-order chi connectivity index (χ1) is 15.4. The van der Waals surface area contributed by atoms with Gasteiger partial charge in [0.2, 0.25) is 0 Å². The van der Waals surface area contributed by atoms with Crippen LogP contribution in [-0.2, 0) is 5.41 Å². The Bertz CT molecular complexity index is 984. The van der Waals surface area contributed by atoms with Gasteiger partial charge in [0.15, 0.2) is 0 Å². The fraction of sp³-hybridized carbons (Fsp3) is 0.370. The van der Waals surface area contributed by atoms with Gasteiger partial charge in [-0.25, -0.2) is 0 Å². The summed E-state index contributed by atoms with van der Waals surface area (Å²) in [6.07, 6.45) is 1.70. The molecule has 1 aromatic heterocycles. The van der Waals surface area contributed by atoms with E-state index in [1.807, 2.05) is 42.5 Å². The fourth-order valence-electron chi connectivity index (χ4n) is 4.23. The van der Waals surface area contributed by atoms with E-state index in [-0.39, 0.29) is 17.4 Å². The second-order valence-corrected chi connectivity index (χ2v) is 9.43. The number of carbonyl (C=O) groups is 1. The second kappa shape index (κ2) is 9.61. The van der Waals surface area contributed by atoms with Crippen LogP contribution in [0.1, 0.15) is 48.5 Å². The number of furan rings is 1. The summed E-state index contributed by atoms with van der Waals surface area (Å²) in [5.41, 5.74) is 3.24. The Morgan fingerprint density at radius 1 is 0.938 bits per heavy atom. The molecule has 1 atom stereocenters. The van der Waals surface area contributed by atoms with E-state index >= 15 is 0 Å². The summed E-state index contributed by atoms with van der Waals surface area (Å²) < 4.78 is 5.74. The maximum Gasteiger partial charge on any atom is 0.251 e. The van der Waals surface area contributed by atoms with Crippen LogP contribution in [0.3, 0.4) is 0 Å². The van der Waals surface area contributed by atoms with Gasteiger partial charge in [-0.3, -0.25) is 9.69 Å². The number of hydrogen-bond donors (Lipinski definition) is 1. The quantitative estimate of drug-likeness (QED) is 0.605. The summed E-state index contributed by atoms with van der Waals surface area (Å²) in [5.74, 6) is 0.839. The standard InChI is InChI=1S/C27H33N3O2/c1-27(2,3)22-13-11-21(12-14-22)26(31)28-20-24(25-10-7-19-32-25)30-17-15-29(16-18-30)23-8-5-4-6-9-23/h4-14,19,24H,15-18,20H2,1-3H3,(H,28,31). The van der Waals surface area contributed by atoms with Crippen molar-refractivity contribution in [1.82, 2.24) is 10.2 Å². The third-order valence-electron chi connectivity index (χ3n) is 6.22. The molecule has 3 aromatic rings. The molecule has 2 aromatic carbocycles. The maximum atomic E-state index is 12.8. The molecule has 5 nitrogen and oxygen atoms in total. The number of para-hydroxylation sites is 1. The molecule has 1 amide bonds. The molecule has 1 aliphatic rings. The zero-order chi connectivity index (χ0) is 22.6. The van der Waals surface area contributed by atoms with Gasteiger partial charge in [-0.1, -0.05) is 51.1 Å². The highest BCUT2D eigenvalue weighted by Gasteiger charge is 2.27. The van der Waals surface area contributed by atoms with Crippen LogP contribution in [0.4, 0.5) is 5.69 Å². The van der Waals surface area contributed by atoms with Gasteiger partial charge in [0.1, 0.15) is 5.76 Å². The lowest BCUT2D eigenvalue weighted by Crippen LogP contribution is -2.49. The van der Waals surface area contributed by atoms with Crippen molar-refractivity contribution in [2.24, 2.45) is 0 Å². The van der Waals surface area contributed by atoms with E-state index < -0.39 is 0 Å². The van der Waals surface area contributed by atoms with Crippen molar-refractivity contribution in [3.8, 4) is 0 Å². The van der Waals surface area contributed by atoms with Gasteiger partial charge in [-0.15, -0.1) is 0 Å². The Labute approximate surface area is 191 Å². The highest BCUT2D eigenvalue weighted by molar-refractivity contribution is 5.94. The maximum absolute atomic E-state index is 12.8. The molecule has 0 bridgehead atoms. The summed E-state index contributed by atoms with van der Waals surface area (Å²) in [7, 11) is 0.